The summed E-state index contributed by atoms with van der Waals surface area (Å²) < 4.78 is 21.6. The Bertz CT molecular complexity index is 1150. The number of hydrogen-bond acceptors (Lipinski definition) is 4. The van der Waals surface area contributed by atoms with Gasteiger partial charge >= 0.3 is 0 Å². The van der Waals surface area contributed by atoms with Crippen molar-refractivity contribution in [3.8, 4) is 16.9 Å². The maximum absolute atomic E-state index is 14.3. The number of benzene rings is 2. The normalized spacial score (nSPS) is 11.4. The molecule has 30 heavy (non-hydrogen) atoms. The predicted octanol–water partition coefficient (Wildman–Crippen LogP) is 4.39. The van der Waals surface area contributed by atoms with Gasteiger partial charge in [0.05, 0.1) is 7.11 Å². The highest BCUT2D eigenvalue weighted by molar-refractivity contribution is 5.77. The molecule has 0 fully saturated rings. The lowest BCUT2D eigenvalue weighted by molar-refractivity contribution is 0.402. The summed E-state index contributed by atoms with van der Waals surface area (Å²) in [5, 5.41) is 8.46. The van der Waals surface area contributed by atoms with E-state index in [9.17, 15) is 4.39 Å². The lowest BCUT2D eigenvalue weighted by Crippen LogP contribution is -2.10. The van der Waals surface area contributed by atoms with Crippen LogP contribution in [0.4, 0.5) is 4.39 Å². The number of methoxy groups -OCH3 is 1. The van der Waals surface area contributed by atoms with Crippen LogP contribution in [0.2, 0.25) is 0 Å². The molecule has 0 aliphatic carbocycles. The van der Waals surface area contributed by atoms with Gasteiger partial charge in [-0.05, 0) is 62.3 Å². The van der Waals surface area contributed by atoms with Crippen LogP contribution in [0.15, 0.2) is 60.9 Å². The third-order valence-electron chi connectivity index (χ3n) is 5.23. The number of rotatable bonds is 7. The third-order valence-corrected chi connectivity index (χ3v) is 5.23. The number of nitrogens with zero attached hydrogens (tertiary/aromatic N) is 4. The average Bonchev–Trinajstić information content (AvgIpc) is 3.23. The van der Waals surface area contributed by atoms with Gasteiger partial charge in [-0.15, -0.1) is 10.2 Å². The molecule has 0 radical (unpaired) electrons. The smallest absolute Gasteiger partial charge is 0.168 e. The van der Waals surface area contributed by atoms with Crippen molar-refractivity contribution in [1.29, 1.82) is 0 Å². The van der Waals surface area contributed by atoms with E-state index in [-0.39, 0.29) is 5.82 Å². The van der Waals surface area contributed by atoms with E-state index in [2.05, 4.69) is 65.6 Å². The first-order valence-electron chi connectivity index (χ1n) is 9.94. The summed E-state index contributed by atoms with van der Waals surface area (Å²) in [6.07, 6.45) is 2.89. The minimum Gasteiger partial charge on any atom is -0.496 e. The molecule has 0 aliphatic rings. The van der Waals surface area contributed by atoms with Crippen LogP contribution < -0.4 is 4.74 Å². The van der Waals surface area contributed by atoms with Gasteiger partial charge in [0.15, 0.2) is 5.65 Å². The van der Waals surface area contributed by atoms with Gasteiger partial charge in [-0.3, -0.25) is 4.40 Å². The Labute approximate surface area is 175 Å². The van der Waals surface area contributed by atoms with Crippen molar-refractivity contribution in [3.05, 3.63) is 83.6 Å². The Balaban J connectivity index is 1.62. The zero-order valence-corrected chi connectivity index (χ0v) is 17.5. The zero-order valence-electron chi connectivity index (χ0n) is 17.5. The van der Waals surface area contributed by atoms with Crippen LogP contribution in [-0.4, -0.2) is 40.7 Å². The number of aryl methyl sites for hydroxylation is 1. The highest BCUT2D eigenvalue weighted by Gasteiger charge is 2.13. The molecular weight excluding hydrogens is 379 g/mol. The molecule has 4 aromatic rings. The van der Waals surface area contributed by atoms with E-state index in [1.807, 2.05) is 4.40 Å². The number of fused-ring (bicyclic) bond motifs is 1. The van der Waals surface area contributed by atoms with Gasteiger partial charge < -0.3 is 9.64 Å². The molecule has 0 unspecified atom stereocenters. The molecule has 2 aromatic heterocycles. The molecule has 5 nitrogen and oxygen atoms in total. The fourth-order valence-electron chi connectivity index (χ4n) is 3.77. The van der Waals surface area contributed by atoms with Crippen molar-refractivity contribution >= 4 is 5.65 Å². The van der Waals surface area contributed by atoms with Crippen molar-refractivity contribution in [2.75, 3.05) is 21.2 Å². The molecule has 0 spiro atoms. The van der Waals surface area contributed by atoms with Gasteiger partial charge in [-0.25, -0.2) is 4.39 Å². The minimum atomic E-state index is -0.246. The molecule has 6 heteroatoms. The highest BCUT2D eigenvalue weighted by atomic mass is 19.1. The Hall–Kier alpha value is -3.25. The standard InChI is InChI=1S/C24H25FN4O/c1-28(2)15-17-7-9-18(10-8-17)20-13-11-19(29-16-26-27-24(20)29)12-14-21-22(25)5-4-6-23(21)30-3/h4-11,13,16H,12,14-15H2,1-3H3. The monoisotopic (exact) mass is 404 g/mol. The van der Waals surface area contributed by atoms with Gasteiger partial charge in [-0.1, -0.05) is 30.3 Å². The first-order chi connectivity index (χ1) is 14.6. The van der Waals surface area contributed by atoms with E-state index in [4.69, 9.17) is 4.74 Å². The lowest BCUT2D eigenvalue weighted by Gasteiger charge is -2.12. The van der Waals surface area contributed by atoms with E-state index in [1.54, 1.807) is 25.6 Å². The summed E-state index contributed by atoms with van der Waals surface area (Å²) in [6, 6.07) is 17.6. The van der Waals surface area contributed by atoms with Crippen molar-refractivity contribution < 1.29 is 9.13 Å². The Morgan fingerprint density at radius 1 is 1.00 bits per heavy atom. The first-order valence-corrected chi connectivity index (χ1v) is 9.94. The summed E-state index contributed by atoms with van der Waals surface area (Å²) in [4.78, 5) is 2.14. The van der Waals surface area contributed by atoms with Gasteiger partial charge in [0.2, 0.25) is 0 Å². The second kappa shape index (κ2) is 8.63. The topological polar surface area (TPSA) is 42.7 Å². The van der Waals surface area contributed by atoms with Crippen molar-refractivity contribution in [2.24, 2.45) is 0 Å². The molecule has 0 N–H and O–H groups in total. The molecule has 0 saturated carbocycles. The van der Waals surface area contributed by atoms with E-state index >= 15 is 0 Å². The molecule has 0 amide bonds. The second-order valence-electron chi connectivity index (χ2n) is 7.62. The van der Waals surface area contributed by atoms with Gasteiger partial charge in [0.1, 0.15) is 17.9 Å². The molecule has 2 heterocycles. The maximum Gasteiger partial charge on any atom is 0.168 e. The number of halogens is 1. The van der Waals surface area contributed by atoms with Crippen molar-refractivity contribution in [3.63, 3.8) is 0 Å². The Morgan fingerprint density at radius 2 is 1.80 bits per heavy atom. The summed E-state index contributed by atoms with van der Waals surface area (Å²) in [7, 11) is 5.68. The number of pyridine rings is 1. The lowest BCUT2D eigenvalue weighted by atomic mass is 10.0. The van der Waals surface area contributed by atoms with Crippen LogP contribution >= 0.6 is 0 Å². The van der Waals surface area contributed by atoms with Crippen LogP contribution in [0.3, 0.4) is 0 Å². The SMILES string of the molecule is COc1cccc(F)c1CCc1ccc(-c2ccc(CN(C)C)cc2)c2nncn12. The van der Waals surface area contributed by atoms with E-state index in [1.165, 1.54) is 11.6 Å². The second-order valence-corrected chi connectivity index (χ2v) is 7.62. The Morgan fingerprint density at radius 3 is 2.53 bits per heavy atom. The van der Waals surface area contributed by atoms with E-state index in [0.717, 1.165) is 29.0 Å². The fraction of sp³-hybridized carbons (Fsp3) is 0.250. The molecule has 0 atom stereocenters. The molecule has 0 bridgehead atoms. The molecule has 2 aromatic carbocycles. The highest BCUT2D eigenvalue weighted by Crippen LogP contribution is 2.27. The van der Waals surface area contributed by atoms with Gasteiger partial charge in [-0.2, -0.15) is 0 Å². The number of ether oxygens (including phenoxy) is 1. The number of aromatic nitrogens is 3. The van der Waals surface area contributed by atoms with E-state index in [0.29, 0.717) is 24.2 Å². The largest absolute Gasteiger partial charge is 0.496 e. The fourth-order valence-corrected chi connectivity index (χ4v) is 3.77. The van der Waals surface area contributed by atoms with Crippen LogP contribution in [0.5, 0.6) is 5.75 Å². The van der Waals surface area contributed by atoms with E-state index < -0.39 is 0 Å². The molecule has 0 saturated heterocycles. The molecule has 0 aliphatic heterocycles. The average molecular weight is 404 g/mol. The minimum absolute atomic E-state index is 0.246. The number of hydrogen-bond donors (Lipinski definition) is 0. The maximum atomic E-state index is 14.3. The molecule has 154 valence electrons. The van der Waals surface area contributed by atoms with Crippen LogP contribution in [0.25, 0.3) is 16.8 Å². The Kier molecular flexibility index (Phi) is 5.77. The quantitative estimate of drug-likeness (QED) is 0.458. The van der Waals surface area contributed by atoms with Gasteiger partial charge in [0.25, 0.3) is 0 Å². The summed E-state index contributed by atoms with van der Waals surface area (Å²) >= 11 is 0. The zero-order chi connectivity index (χ0) is 21.1. The summed E-state index contributed by atoms with van der Waals surface area (Å²) in [5.74, 6) is 0.327. The molecule has 4 rings (SSSR count). The first kappa shape index (κ1) is 20.0. The van der Waals surface area contributed by atoms with Crippen LogP contribution in [-0.2, 0) is 19.4 Å². The summed E-state index contributed by atoms with van der Waals surface area (Å²) in [6.45, 7) is 0.902. The third kappa shape index (κ3) is 4.04. The van der Waals surface area contributed by atoms with Crippen LogP contribution in [0, 0.1) is 5.82 Å². The van der Waals surface area contributed by atoms with Crippen molar-refractivity contribution in [2.45, 2.75) is 19.4 Å². The summed E-state index contributed by atoms with van der Waals surface area (Å²) in [5.41, 5.74) is 5.79. The van der Waals surface area contributed by atoms with Gasteiger partial charge in [0, 0.05) is 23.4 Å². The van der Waals surface area contributed by atoms with Crippen molar-refractivity contribution in [1.82, 2.24) is 19.5 Å². The van der Waals surface area contributed by atoms with Crippen LogP contribution in [0.1, 0.15) is 16.8 Å². The predicted molar refractivity (Wildman–Crippen MR) is 116 cm³/mol. The molecular formula is C24H25FN4O.